The summed E-state index contributed by atoms with van der Waals surface area (Å²) >= 11 is 0. The van der Waals surface area contributed by atoms with Gasteiger partial charge in [-0.05, 0) is 73.7 Å². The summed E-state index contributed by atoms with van der Waals surface area (Å²) in [5, 5.41) is 6.93. The Kier molecular flexibility index (Phi) is 6.94. The third-order valence-corrected chi connectivity index (χ3v) is 7.43. The van der Waals surface area contributed by atoms with Crippen molar-refractivity contribution in [3.63, 3.8) is 0 Å². The van der Waals surface area contributed by atoms with Crippen molar-refractivity contribution in [3.8, 4) is 17.2 Å². The number of benzene rings is 2. The zero-order valence-corrected chi connectivity index (χ0v) is 22.5. The zero-order valence-electron chi connectivity index (χ0n) is 22.5. The normalized spacial score (nSPS) is 16.8. The molecule has 0 radical (unpaired) electrons. The SMILES string of the molecule is Cc1noc(C)c1CC(=O)N1CCc2cc3ccc2C1c1cccc(c1)OCCCNC(=O)c1cncc(c1)O3. The van der Waals surface area contributed by atoms with Crippen LogP contribution in [-0.4, -0.2) is 46.6 Å². The van der Waals surface area contributed by atoms with Crippen LogP contribution in [0.1, 0.15) is 56.5 Å². The molecular weight excluding hydrogens is 508 g/mol. The minimum atomic E-state index is -0.294. The predicted octanol–water partition coefficient (Wildman–Crippen LogP) is 4.71. The van der Waals surface area contributed by atoms with E-state index in [1.54, 1.807) is 12.3 Å². The van der Waals surface area contributed by atoms with Gasteiger partial charge in [0.15, 0.2) is 0 Å². The molecule has 204 valence electrons. The van der Waals surface area contributed by atoms with E-state index in [4.69, 9.17) is 14.0 Å². The highest BCUT2D eigenvalue weighted by molar-refractivity contribution is 5.94. The maximum Gasteiger partial charge on any atom is 0.252 e. The molecule has 2 aromatic carbocycles. The molecular formula is C31H30N4O5. The number of aryl methyl sites for hydroxylation is 2. The molecule has 2 aromatic heterocycles. The van der Waals surface area contributed by atoms with Crippen molar-refractivity contribution in [2.75, 3.05) is 19.7 Å². The molecule has 0 aliphatic carbocycles. The number of amides is 2. The first-order valence-electron chi connectivity index (χ1n) is 13.4. The van der Waals surface area contributed by atoms with Crippen LogP contribution in [0, 0.1) is 13.8 Å². The first-order valence-corrected chi connectivity index (χ1v) is 13.4. The maximum atomic E-state index is 13.8. The summed E-state index contributed by atoms with van der Waals surface area (Å²) in [6, 6.07) is 15.2. The van der Waals surface area contributed by atoms with Crippen LogP contribution in [0.5, 0.6) is 17.2 Å². The lowest BCUT2D eigenvalue weighted by Crippen LogP contribution is -2.41. The molecule has 4 aromatic rings. The predicted molar refractivity (Wildman–Crippen MR) is 147 cm³/mol. The maximum absolute atomic E-state index is 13.8. The lowest BCUT2D eigenvalue weighted by Gasteiger charge is -2.38. The highest BCUT2D eigenvalue weighted by Crippen LogP contribution is 2.39. The van der Waals surface area contributed by atoms with Gasteiger partial charge in [0.1, 0.15) is 23.0 Å². The molecule has 1 atom stereocenters. The van der Waals surface area contributed by atoms with Gasteiger partial charge < -0.3 is 24.2 Å². The number of carbonyl (C=O) groups excluding carboxylic acids is 2. The number of ether oxygens (including phenoxy) is 2. The van der Waals surface area contributed by atoms with Crippen LogP contribution in [0.15, 0.2) is 65.4 Å². The van der Waals surface area contributed by atoms with Crippen molar-refractivity contribution in [2.24, 2.45) is 0 Å². The van der Waals surface area contributed by atoms with Crippen LogP contribution in [0.3, 0.4) is 0 Å². The number of pyridine rings is 1. The van der Waals surface area contributed by atoms with Crippen LogP contribution in [-0.2, 0) is 17.6 Å². The molecule has 5 heterocycles. The lowest BCUT2D eigenvalue weighted by atomic mass is 9.87. The van der Waals surface area contributed by atoms with E-state index in [2.05, 4.69) is 15.5 Å². The molecule has 8 bridgehead atoms. The summed E-state index contributed by atoms with van der Waals surface area (Å²) in [4.78, 5) is 32.5. The molecule has 0 spiro atoms. The number of hydrogen-bond donors (Lipinski definition) is 1. The van der Waals surface area contributed by atoms with Gasteiger partial charge in [-0.2, -0.15) is 0 Å². The van der Waals surface area contributed by atoms with Crippen molar-refractivity contribution in [1.29, 1.82) is 0 Å². The number of fused-ring (bicyclic) bond motifs is 6. The molecule has 3 aliphatic heterocycles. The van der Waals surface area contributed by atoms with Gasteiger partial charge in [0.05, 0.1) is 36.5 Å². The molecule has 0 saturated heterocycles. The largest absolute Gasteiger partial charge is 0.494 e. The standard InChI is InChI=1S/C31H30N4O5/c1-19-28(20(2)40-34-19)16-29(36)35-11-9-21-13-25-7-8-27(21)30(35)22-5-3-6-24(14-22)38-12-4-10-33-31(37)23-15-26(39-25)18-32-17-23/h3,5-8,13-15,17-18,30H,4,9-12,16H2,1-2H3,(H,33,37). The van der Waals surface area contributed by atoms with Gasteiger partial charge in [-0.1, -0.05) is 23.4 Å². The third-order valence-electron chi connectivity index (χ3n) is 7.43. The summed E-state index contributed by atoms with van der Waals surface area (Å²) in [6.07, 6.45) is 4.64. The highest BCUT2D eigenvalue weighted by Gasteiger charge is 2.33. The minimum absolute atomic E-state index is 0.0115. The fourth-order valence-corrected chi connectivity index (χ4v) is 5.38. The first-order chi connectivity index (χ1) is 19.5. The molecule has 40 heavy (non-hydrogen) atoms. The minimum Gasteiger partial charge on any atom is -0.494 e. The Hall–Kier alpha value is -4.66. The molecule has 1 unspecified atom stereocenters. The van der Waals surface area contributed by atoms with Gasteiger partial charge in [-0.25, -0.2) is 0 Å². The van der Waals surface area contributed by atoms with Gasteiger partial charge in [0.2, 0.25) is 5.91 Å². The fraction of sp³-hybridized carbons (Fsp3) is 0.290. The van der Waals surface area contributed by atoms with Gasteiger partial charge >= 0.3 is 0 Å². The van der Waals surface area contributed by atoms with Crippen molar-refractivity contribution >= 4 is 11.8 Å². The average molecular weight is 539 g/mol. The molecule has 0 fully saturated rings. The second-order valence-electron chi connectivity index (χ2n) is 10.1. The van der Waals surface area contributed by atoms with Crippen LogP contribution < -0.4 is 14.8 Å². The van der Waals surface area contributed by atoms with Crippen molar-refractivity contribution in [2.45, 2.75) is 39.2 Å². The molecule has 7 rings (SSSR count). The summed E-state index contributed by atoms with van der Waals surface area (Å²) < 4.78 is 17.5. The number of rotatable bonds is 2. The monoisotopic (exact) mass is 538 g/mol. The number of carbonyl (C=O) groups is 2. The Balaban J connectivity index is 1.40. The van der Waals surface area contributed by atoms with Crippen LogP contribution in [0.2, 0.25) is 0 Å². The molecule has 3 aliphatic rings. The Morgan fingerprint density at radius 2 is 1.98 bits per heavy atom. The van der Waals surface area contributed by atoms with E-state index in [0.717, 1.165) is 27.9 Å². The van der Waals surface area contributed by atoms with E-state index in [0.29, 0.717) is 61.1 Å². The van der Waals surface area contributed by atoms with Gasteiger partial charge in [0.25, 0.3) is 5.91 Å². The second kappa shape index (κ2) is 10.8. The summed E-state index contributed by atoms with van der Waals surface area (Å²) in [7, 11) is 0. The third kappa shape index (κ3) is 5.14. The quantitative estimate of drug-likeness (QED) is 0.394. The number of aromatic nitrogens is 2. The van der Waals surface area contributed by atoms with Crippen molar-refractivity contribution in [1.82, 2.24) is 20.4 Å². The lowest BCUT2D eigenvalue weighted by molar-refractivity contribution is -0.132. The second-order valence-corrected chi connectivity index (χ2v) is 10.1. The first kappa shape index (κ1) is 25.6. The summed E-state index contributed by atoms with van der Waals surface area (Å²) in [5.74, 6) is 2.30. The van der Waals surface area contributed by atoms with E-state index < -0.39 is 0 Å². The van der Waals surface area contributed by atoms with E-state index in [9.17, 15) is 9.59 Å². The summed E-state index contributed by atoms with van der Waals surface area (Å²) in [6.45, 7) is 5.14. The Bertz CT molecular complexity index is 1560. The zero-order chi connectivity index (χ0) is 27.6. The van der Waals surface area contributed by atoms with Crippen LogP contribution >= 0.6 is 0 Å². The number of nitrogens with zero attached hydrogens (tertiary/aromatic N) is 3. The van der Waals surface area contributed by atoms with Crippen molar-refractivity contribution < 1.29 is 23.6 Å². The Labute approximate surface area is 232 Å². The molecule has 2 amide bonds. The van der Waals surface area contributed by atoms with Gasteiger partial charge in [-0.3, -0.25) is 14.6 Å². The summed E-state index contributed by atoms with van der Waals surface area (Å²) in [5.41, 5.74) is 5.09. The average Bonchev–Trinajstić information content (AvgIpc) is 3.28. The topological polar surface area (TPSA) is 107 Å². The number of hydrogen-bond acceptors (Lipinski definition) is 7. The van der Waals surface area contributed by atoms with E-state index in [1.165, 1.54) is 6.20 Å². The van der Waals surface area contributed by atoms with Gasteiger partial charge in [-0.15, -0.1) is 0 Å². The smallest absolute Gasteiger partial charge is 0.252 e. The van der Waals surface area contributed by atoms with E-state index in [1.807, 2.05) is 61.2 Å². The van der Waals surface area contributed by atoms with Gasteiger partial charge in [0, 0.05) is 24.8 Å². The Morgan fingerprint density at radius 3 is 2.83 bits per heavy atom. The molecule has 9 heteroatoms. The van der Waals surface area contributed by atoms with Crippen LogP contribution in [0.4, 0.5) is 0 Å². The highest BCUT2D eigenvalue weighted by atomic mass is 16.5. The fourth-order valence-electron chi connectivity index (χ4n) is 5.38. The molecule has 0 saturated carbocycles. The van der Waals surface area contributed by atoms with E-state index >= 15 is 0 Å². The van der Waals surface area contributed by atoms with E-state index in [-0.39, 0.29) is 24.3 Å². The van der Waals surface area contributed by atoms with Crippen molar-refractivity contribution in [3.05, 3.63) is 100 Å². The Morgan fingerprint density at radius 1 is 1.07 bits per heavy atom. The number of nitrogens with one attached hydrogen (secondary N) is 1. The molecule has 1 N–H and O–H groups in total. The van der Waals surface area contributed by atoms with Crippen LogP contribution in [0.25, 0.3) is 0 Å². The molecule has 9 nitrogen and oxygen atoms in total.